The van der Waals surface area contributed by atoms with Crippen LogP contribution in [0.3, 0.4) is 0 Å². The molecule has 0 aliphatic heterocycles. The molecule has 0 aromatic rings. The maximum absolute atomic E-state index is 2.80. The van der Waals surface area contributed by atoms with Crippen molar-refractivity contribution >= 4 is 0 Å². The lowest BCUT2D eigenvalue weighted by molar-refractivity contribution is -0.275. The molecular weight excluding hydrogens is 312 g/mol. The smallest absolute Gasteiger partial charge is 0.0204 e. The average Bonchev–Trinajstić information content (AvgIpc) is 3.26. The molecule has 7 aliphatic rings. The molecule has 0 N–H and O–H groups in total. The van der Waals surface area contributed by atoms with Gasteiger partial charge in [-0.3, -0.25) is 0 Å². The fourth-order valence-electron chi connectivity index (χ4n) is 12.4. The molecule has 7 aliphatic carbocycles. The first-order valence-electron chi connectivity index (χ1n) is 12.3. The summed E-state index contributed by atoms with van der Waals surface area (Å²) in [6, 6.07) is 0. The van der Waals surface area contributed by atoms with E-state index in [0.29, 0.717) is 21.7 Å². The Morgan fingerprint density at radius 2 is 1.08 bits per heavy atom. The number of rotatable bonds is 2. The molecule has 0 aromatic heterocycles. The highest BCUT2D eigenvalue weighted by atomic mass is 14.9. The SMILES string of the molecule is CCC1C(CC)C2(C)CCC1(C)C1CC2C2C1C1(C)C3CCC(C3)C21C. The Kier molecular flexibility index (Phi) is 2.99. The monoisotopic (exact) mass is 354 g/mol. The van der Waals surface area contributed by atoms with E-state index in [2.05, 4.69) is 41.5 Å². The first-order chi connectivity index (χ1) is 12.3. The minimum absolute atomic E-state index is 0.648. The van der Waals surface area contributed by atoms with Gasteiger partial charge in [0.15, 0.2) is 0 Å². The van der Waals surface area contributed by atoms with Crippen LogP contribution in [-0.2, 0) is 0 Å². The minimum Gasteiger partial charge on any atom is -0.0651 e. The molecule has 12 atom stereocenters. The summed E-state index contributed by atoms with van der Waals surface area (Å²) >= 11 is 0. The van der Waals surface area contributed by atoms with Gasteiger partial charge in [0, 0.05) is 0 Å². The summed E-state index contributed by atoms with van der Waals surface area (Å²) in [4.78, 5) is 0. The Morgan fingerprint density at radius 1 is 0.654 bits per heavy atom. The van der Waals surface area contributed by atoms with Gasteiger partial charge < -0.3 is 0 Å². The molecule has 12 unspecified atom stereocenters. The first-order valence-corrected chi connectivity index (χ1v) is 12.3. The molecule has 7 saturated carbocycles. The lowest BCUT2D eigenvalue weighted by Crippen LogP contribution is -2.70. The summed E-state index contributed by atoms with van der Waals surface area (Å²) in [6.07, 6.45) is 12.3. The quantitative estimate of drug-likeness (QED) is 0.492. The van der Waals surface area contributed by atoms with Gasteiger partial charge in [0.1, 0.15) is 0 Å². The van der Waals surface area contributed by atoms with Gasteiger partial charge in [0.25, 0.3) is 0 Å². The number of fused-ring (bicyclic) bond motifs is 10. The zero-order chi connectivity index (χ0) is 18.3. The van der Waals surface area contributed by atoms with Gasteiger partial charge in [-0.15, -0.1) is 0 Å². The van der Waals surface area contributed by atoms with Crippen LogP contribution in [0.4, 0.5) is 0 Å². The summed E-state index contributed by atoms with van der Waals surface area (Å²) in [6.45, 7) is 16.2. The van der Waals surface area contributed by atoms with Gasteiger partial charge >= 0.3 is 0 Å². The largest absolute Gasteiger partial charge is 0.0651 e. The van der Waals surface area contributed by atoms with Gasteiger partial charge in [-0.2, -0.15) is 0 Å². The van der Waals surface area contributed by atoms with Gasteiger partial charge in [-0.1, -0.05) is 54.4 Å². The summed E-state index contributed by atoms with van der Waals surface area (Å²) < 4.78 is 0. The Labute approximate surface area is 162 Å². The van der Waals surface area contributed by atoms with Crippen LogP contribution in [0, 0.1) is 69.0 Å². The van der Waals surface area contributed by atoms with Crippen molar-refractivity contribution in [1.82, 2.24) is 0 Å². The molecule has 26 heavy (non-hydrogen) atoms. The third-order valence-corrected chi connectivity index (χ3v) is 13.4. The Balaban J connectivity index is 1.54. The molecule has 0 nitrogen and oxygen atoms in total. The van der Waals surface area contributed by atoms with Gasteiger partial charge in [-0.05, 0) is 108 Å². The fraction of sp³-hybridized carbons (Fsp3) is 1.00. The van der Waals surface area contributed by atoms with E-state index >= 15 is 0 Å². The van der Waals surface area contributed by atoms with E-state index in [0.717, 1.165) is 47.3 Å². The molecule has 7 fully saturated rings. The maximum atomic E-state index is 2.80. The Hall–Kier alpha value is 0. The van der Waals surface area contributed by atoms with E-state index in [1.165, 1.54) is 12.8 Å². The molecule has 0 saturated heterocycles. The van der Waals surface area contributed by atoms with E-state index in [9.17, 15) is 0 Å². The highest BCUT2D eigenvalue weighted by Crippen LogP contribution is 2.90. The lowest BCUT2D eigenvalue weighted by Gasteiger charge is -2.75. The van der Waals surface area contributed by atoms with E-state index in [1.807, 2.05) is 0 Å². The molecule has 146 valence electrons. The summed E-state index contributed by atoms with van der Waals surface area (Å²) in [5.74, 6) is 8.44. The van der Waals surface area contributed by atoms with Crippen LogP contribution in [0.25, 0.3) is 0 Å². The average molecular weight is 355 g/mol. The predicted molar refractivity (Wildman–Crippen MR) is 109 cm³/mol. The molecule has 6 bridgehead atoms. The predicted octanol–water partition coefficient (Wildman–Crippen LogP) is 7.18. The maximum Gasteiger partial charge on any atom is -0.0204 e. The van der Waals surface area contributed by atoms with Gasteiger partial charge in [0.2, 0.25) is 0 Å². The molecule has 0 heterocycles. The number of hydrogen-bond acceptors (Lipinski definition) is 0. The second kappa shape index (κ2) is 4.59. The van der Waals surface area contributed by atoms with Crippen molar-refractivity contribution in [1.29, 1.82) is 0 Å². The third-order valence-electron chi connectivity index (χ3n) is 13.4. The van der Waals surface area contributed by atoms with Crippen LogP contribution < -0.4 is 0 Å². The van der Waals surface area contributed by atoms with Crippen LogP contribution in [0.1, 0.15) is 92.9 Å². The van der Waals surface area contributed by atoms with Gasteiger partial charge in [-0.25, -0.2) is 0 Å². The van der Waals surface area contributed by atoms with E-state index in [1.54, 1.807) is 38.5 Å². The lowest BCUT2D eigenvalue weighted by atomic mass is 9.29. The van der Waals surface area contributed by atoms with Crippen LogP contribution in [0.5, 0.6) is 0 Å². The van der Waals surface area contributed by atoms with Crippen molar-refractivity contribution < 1.29 is 0 Å². The molecular formula is C26H42. The highest BCUT2D eigenvalue weighted by molar-refractivity contribution is 5.32. The topological polar surface area (TPSA) is 0 Å². The molecule has 0 radical (unpaired) electrons. The molecule has 0 aromatic carbocycles. The van der Waals surface area contributed by atoms with Crippen molar-refractivity contribution in [3.05, 3.63) is 0 Å². The molecule has 0 spiro atoms. The van der Waals surface area contributed by atoms with Crippen LogP contribution in [-0.4, -0.2) is 0 Å². The summed E-state index contributed by atoms with van der Waals surface area (Å²) in [7, 11) is 0. The first kappa shape index (κ1) is 16.9. The van der Waals surface area contributed by atoms with Crippen LogP contribution >= 0.6 is 0 Å². The van der Waals surface area contributed by atoms with Gasteiger partial charge in [0.05, 0.1) is 0 Å². The minimum atomic E-state index is 0.648. The summed E-state index contributed by atoms with van der Waals surface area (Å²) in [5, 5.41) is 0. The van der Waals surface area contributed by atoms with Crippen molar-refractivity contribution in [2.45, 2.75) is 92.9 Å². The van der Waals surface area contributed by atoms with E-state index < -0.39 is 0 Å². The van der Waals surface area contributed by atoms with Crippen molar-refractivity contribution in [2.24, 2.45) is 69.0 Å². The number of hydrogen-bond donors (Lipinski definition) is 0. The molecule has 7 rings (SSSR count). The standard InChI is InChI=1S/C26H42/c1-7-17-18(8-2)24(4)12-11-23(17,3)19-14-20(24)22-21(19)25(5)15-9-10-16(13-15)26(22,25)6/h15-22H,7-14H2,1-6H3. The third kappa shape index (κ3) is 1.35. The normalized spacial score (nSPS) is 69.9. The van der Waals surface area contributed by atoms with Crippen molar-refractivity contribution in [2.75, 3.05) is 0 Å². The fourth-order valence-corrected chi connectivity index (χ4v) is 12.4. The van der Waals surface area contributed by atoms with E-state index in [-0.39, 0.29) is 0 Å². The second-order valence-corrected chi connectivity index (χ2v) is 12.8. The summed E-state index contributed by atoms with van der Waals surface area (Å²) in [5.41, 5.74) is 2.71. The second-order valence-electron chi connectivity index (χ2n) is 12.8. The highest BCUT2D eigenvalue weighted by Gasteiger charge is 2.84. The zero-order valence-corrected chi connectivity index (χ0v) is 18.3. The van der Waals surface area contributed by atoms with Crippen molar-refractivity contribution in [3.8, 4) is 0 Å². The Morgan fingerprint density at radius 3 is 1.46 bits per heavy atom. The zero-order valence-electron chi connectivity index (χ0n) is 18.3. The van der Waals surface area contributed by atoms with Crippen molar-refractivity contribution in [3.63, 3.8) is 0 Å². The van der Waals surface area contributed by atoms with Crippen LogP contribution in [0.2, 0.25) is 0 Å². The Bertz CT molecular complexity index is 596. The molecule has 0 heteroatoms. The van der Waals surface area contributed by atoms with Crippen LogP contribution in [0.15, 0.2) is 0 Å². The van der Waals surface area contributed by atoms with E-state index in [4.69, 9.17) is 0 Å². The molecule has 0 amide bonds.